The third-order valence-electron chi connectivity index (χ3n) is 2.85. The lowest BCUT2D eigenvalue weighted by Crippen LogP contribution is -2.14. The number of anilines is 1. The van der Waals surface area contributed by atoms with E-state index in [1.165, 1.54) is 6.07 Å². The second-order valence-corrected chi connectivity index (χ2v) is 4.97. The molecule has 0 radical (unpaired) electrons. The number of amides is 1. The molecule has 3 aromatic rings. The molecule has 0 saturated carbocycles. The normalized spacial score (nSPS) is 10.7. The highest BCUT2D eigenvalue weighted by Crippen LogP contribution is 2.23. The summed E-state index contributed by atoms with van der Waals surface area (Å²) in [6, 6.07) is 10.4. The first-order valence-electron chi connectivity index (χ1n) is 5.83. The first-order valence-corrected chi connectivity index (χ1v) is 6.59. The summed E-state index contributed by atoms with van der Waals surface area (Å²) in [5.41, 5.74) is 1.32. The van der Waals surface area contributed by atoms with Crippen LogP contribution in [0, 0.1) is 0 Å². The number of rotatable bonds is 2. The number of imidazole rings is 1. The van der Waals surface area contributed by atoms with Crippen LogP contribution in [0.25, 0.3) is 5.52 Å². The van der Waals surface area contributed by atoms with Crippen molar-refractivity contribution in [3.05, 3.63) is 64.4 Å². The van der Waals surface area contributed by atoms with E-state index in [2.05, 4.69) is 10.3 Å². The molecule has 100 valence electrons. The Bertz CT molecular complexity index is 798. The molecule has 1 N–H and O–H groups in total. The fourth-order valence-corrected chi connectivity index (χ4v) is 2.15. The molecule has 6 heteroatoms. The van der Waals surface area contributed by atoms with Crippen molar-refractivity contribution in [2.45, 2.75) is 0 Å². The number of pyridine rings is 1. The van der Waals surface area contributed by atoms with Crippen LogP contribution in [0.4, 0.5) is 5.95 Å². The molecule has 2 aromatic heterocycles. The molecule has 2 heterocycles. The van der Waals surface area contributed by atoms with E-state index in [9.17, 15) is 4.79 Å². The minimum absolute atomic E-state index is 0.292. The van der Waals surface area contributed by atoms with Crippen LogP contribution in [0.5, 0.6) is 0 Å². The van der Waals surface area contributed by atoms with Gasteiger partial charge in [0.05, 0.1) is 21.8 Å². The molecule has 0 saturated heterocycles. The zero-order valence-electron chi connectivity index (χ0n) is 10.2. The predicted molar refractivity (Wildman–Crippen MR) is 79.6 cm³/mol. The van der Waals surface area contributed by atoms with E-state index in [1.807, 2.05) is 24.4 Å². The van der Waals surface area contributed by atoms with Gasteiger partial charge in [-0.15, -0.1) is 0 Å². The monoisotopic (exact) mass is 305 g/mol. The van der Waals surface area contributed by atoms with E-state index >= 15 is 0 Å². The van der Waals surface area contributed by atoms with Gasteiger partial charge < -0.3 is 0 Å². The predicted octanol–water partition coefficient (Wildman–Crippen LogP) is 3.89. The maximum Gasteiger partial charge on any atom is 0.258 e. The minimum atomic E-state index is -0.292. The van der Waals surface area contributed by atoms with Crippen LogP contribution in [0.1, 0.15) is 10.4 Å². The number of benzene rings is 1. The Morgan fingerprint density at radius 3 is 2.80 bits per heavy atom. The van der Waals surface area contributed by atoms with Gasteiger partial charge in [0.2, 0.25) is 5.95 Å². The molecule has 0 spiro atoms. The topological polar surface area (TPSA) is 46.4 Å². The summed E-state index contributed by atoms with van der Waals surface area (Å²) in [6.45, 7) is 0. The number of aromatic nitrogens is 2. The molecule has 3 rings (SSSR count). The molecule has 0 fully saturated rings. The van der Waals surface area contributed by atoms with Crippen LogP contribution < -0.4 is 5.32 Å². The fourth-order valence-electron chi connectivity index (χ4n) is 1.85. The average molecular weight is 306 g/mol. The molecule has 0 bridgehead atoms. The lowest BCUT2D eigenvalue weighted by atomic mass is 10.2. The molecular formula is C14H9Cl2N3O. The molecule has 0 unspecified atom stereocenters. The summed E-state index contributed by atoms with van der Waals surface area (Å²) in [5, 5.41) is 3.49. The van der Waals surface area contributed by atoms with Gasteiger partial charge in [-0.3, -0.25) is 14.5 Å². The number of hydrogen-bond donors (Lipinski definition) is 1. The Hall–Kier alpha value is -2.04. The summed E-state index contributed by atoms with van der Waals surface area (Å²) in [4.78, 5) is 16.3. The molecule has 1 aromatic carbocycles. The third kappa shape index (κ3) is 2.35. The van der Waals surface area contributed by atoms with Crippen molar-refractivity contribution in [2.24, 2.45) is 0 Å². The van der Waals surface area contributed by atoms with Crippen molar-refractivity contribution in [1.29, 1.82) is 0 Å². The first kappa shape index (κ1) is 13.0. The van der Waals surface area contributed by atoms with Crippen molar-refractivity contribution in [1.82, 2.24) is 9.38 Å². The zero-order valence-corrected chi connectivity index (χ0v) is 11.7. The van der Waals surface area contributed by atoms with E-state index in [-0.39, 0.29) is 5.91 Å². The summed E-state index contributed by atoms with van der Waals surface area (Å²) >= 11 is 11.7. The Morgan fingerprint density at radius 1 is 1.15 bits per heavy atom. The second kappa shape index (κ2) is 5.15. The fraction of sp³-hybridized carbons (Fsp3) is 0. The molecule has 0 atom stereocenters. The standard InChI is InChI=1S/C14H9Cl2N3O/c15-11-5-4-9(7-12(11)16)13(20)18-14-17-8-10-3-1-2-6-19(10)14/h1-8H,(H,17,18,20). The molecule has 0 aliphatic carbocycles. The summed E-state index contributed by atoms with van der Waals surface area (Å²) in [5.74, 6) is 0.164. The van der Waals surface area contributed by atoms with Gasteiger partial charge in [0, 0.05) is 11.8 Å². The Labute approximate surface area is 125 Å². The van der Waals surface area contributed by atoms with Crippen LogP contribution in [0.3, 0.4) is 0 Å². The van der Waals surface area contributed by atoms with E-state index in [1.54, 1.807) is 22.7 Å². The zero-order chi connectivity index (χ0) is 14.1. The van der Waals surface area contributed by atoms with Gasteiger partial charge >= 0.3 is 0 Å². The van der Waals surface area contributed by atoms with Gasteiger partial charge in [-0.05, 0) is 30.3 Å². The lowest BCUT2D eigenvalue weighted by Gasteiger charge is -2.05. The Kier molecular flexibility index (Phi) is 3.34. The molecule has 0 aliphatic rings. The van der Waals surface area contributed by atoms with E-state index in [0.29, 0.717) is 21.6 Å². The van der Waals surface area contributed by atoms with E-state index in [4.69, 9.17) is 23.2 Å². The Morgan fingerprint density at radius 2 is 2.00 bits per heavy atom. The van der Waals surface area contributed by atoms with Gasteiger partial charge in [-0.25, -0.2) is 4.98 Å². The highest BCUT2D eigenvalue weighted by molar-refractivity contribution is 6.42. The van der Waals surface area contributed by atoms with Crippen molar-refractivity contribution >= 4 is 40.6 Å². The van der Waals surface area contributed by atoms with Crippen LogP contribution >= 0.6 is 23.2 Å². The van der Waals surface area contributed by atoms with Gasteiger partial charge in [0.1, 0.15) is 0 Å². The maximum atomic E-state index is 12.2. The smallest absolute Gasteiger partial charge is 0.258 e. The first-order chi connectivity index (χ1) is 9.65. The SMILES string of the molecule is O=C(Nc1ncc2ccccn12)c1ccc(Cl)c(Cl)c1. The number of carbonyl (C=O) groups is 1. The number of halogens is 2. The van der Waals surface area contributed by atoms with Gasteiger partial charge in [-0.1, -0.05) is 29.3 Å². The number of hydrogen-bond acceptors (Lipinski definition) is 2. The average Bonchev–Trinajstić information content (AvgIpc) is 2.85. The maximum absolute atomic E-state index is 12.2. The number of fused-ring (bicyclic) bond motifs is 1. The van der Waals surface area contributed by atoms with Crippen molar-refractivity contribution in [3.63, 3.8) is 0 Å². The van der Waals surface area contributed by atoms with E-state index in [0.717, 1.165) is 5.52 Å². The van der Waals surface area contributed by atoms with Crippen molar-refractivity contribution in [3.8, 4) is 0 Å². The summed E-state index contributed by atoms with van der Waals surface area (Å²) < 4.78 is 1.79. The molecule has 20 heavy (non-hydrogen) atoms. The number of carbonyl (C=O) groups excluding carboxylic acids is 1. The Balaban J connectivity index is 1.90. The lowest BCUT2D eigenvalue weighted by molar-refractivity contribution is 0.102. The number of nitrogens with zero attached hydrogens (tertiary/aromatic N) is 2. The molecule has 4 nitrogen and oxygen atoms in total. The van der Waals surface area contributed by atoms with Crippen LogP contribution in [-0.4, -0.2) is 15.3 Å². The minimum Gasteiger partial charge on any atom is -0.292 e. The molecule has 1 amide bonds. The molecular weight excluding hydrogens is 297 g/mol. The summed E-state index contributed by atoms with van der Waals surface area (Å²) in [7, 11) is 0. The van der Waals surface area contributed by atoms with Crippen molar-refractivity contribution in [2.75, 3.05) is 5.32 Å². The van der Waals surface area contributed by atoms with Crippen LogP contribution in [-0.2, 0) is 0 Å². The third-order valence-corrected chi connectivity index (χ3v) is 3.58. The van der Waals surface area contributed by atoms with E-state index < -0.39 is 0 Å². The van der Waals surface area contributed by atoms with Crippen LogP contribution in [0.15, 0.2) is 48.8 Å². The van der Waals surface area contributed by atoms with Crippen LogP contribution in [0.2, 0.25) is 10.0 Å². The highest BCUT2D eigenvalue weighted by Gasteiger charge is 2.11. The summed E-state index contributed by atoms with van der Waals surface area (Å²) in [6.07, 6.45) is 3.51. The second-order valence-electron chi connectivity index (χ2n) is 4.16. The van der Waals surface area contributed by atoms with Crippen molar-refractivity contribution < 1.29 is 4.79 Å². The van der Waals surface area contributed by atoms with Gasteiger partial charge in [0.25, 0.3) is 5.91 Å². The van der Waals surface area contributed by atoms with Gasteiger partial charge in [-0.2, -0.15) is 0 Å². The molecule has 0 aliphatic heterocycles. The van der Waals surface area contributed by atoms with Gasteiger partial charge in [0.15, 0.2) is 0 Å². The quantitative estimate of drug-likeness (QED) is 0.780. The largest absolute Gasteiger partial charge is 0.292 e. The highest BCUT2D eigenvalue weighted by atomic mass is 35.5. The number of nitrogens with one attached hydrogen (secondary N) is 1.